The van der Waals surface area contributed by atoms with E-state index in [2.05, 4.69) is 71.1 Å². The number of benzene rings is 10. The fourth-order valence-corrected chi connectivity index (χ4v) is 17.5. The first kappa shape index (κ1) is 102. The second-order valence-corrected chi connectivity index (χ2v) is 35.4. The molecule has 0 bridgehead atoms. The molecule has 14 aromatic rings. The van der Waals surface area contributed by atoms with E-state index in [-0.39, 0.29) is 110 Å². The monoisotopic (exact) mass is 2010 g/mol. The van der Waals surface area contributed by atoms with Crippen LogP contribution in [0.3, 0.4) is 0 Å². The molecule has 0 spiro atoms. The van der Waals surface area contributed by atoms with Crippen molar-refractivity contribution < 1.29 is 58.8 Å². The minimum Gasteiger partial charge on any atom is -0.506 e. The van der Waals surface area contributed by atoms with Crippen molar-refractivity contribution in [1.29, 1.82) is 5.26 Å². The number of piperazine rings is 2. The molecule has 0 radical (unpaired) electrons. The molecule has 8 N–H and O–H groups in total. The SMILES string of the molecule is C=CCN(CC=C)C(=O)Cn1ccc2c(/C=N/NC(=O)c3ccc(O)c(Cl)c3)cccc21.CN(C(=O)Cn1ccc2c(/C=N/NC(=O)c3ccc(O)c(Cl)c3)cccc21)C1CCCCC1.N#Cc1ccccc1N1CCN(C(=O)Cn2ccc3c(/C=N/NC(=O)c4ccc(O)c(Cl)c4)cccc32)CC1.O=C(N/N=C/c1cccc2c1ccn2CC(=O)N1CCN(c2ccc(Cl)cc2)CC1)c1ccc(O)c(Cl)c1. The molecule has 2 saturated heterocycles. The molecule has 1 aliphatic carbocycles. The van der Waals surface area contributed by atoms with Gasteiger partial charge in [-0.05, 0) is 171 Å². The number of nitrogens with one attached hydrogen (secondary N) is 4. The van der Waals surface area contributed by atoms with E-state index in [4.69, 9.17) is 58.0 Å². The molecule has 142 heavy (non-hydrogen) atoms. The van der Waals surface area contributed by atoms with Crippen LogP contribution in [-0.4, -0.2) is 209 Å². The highest BCUT2D eigenvalue weighted by Gasteiger charge is 2.28. The van der Waals surface area contributed by atoms with Crippen LogP contribution in [0.2, 0.25) is 25.1 Å². The van der Waals surface area contributed by atoms with Crippen LogP contribution in [0.1, 0.15) is 101 Å². The first-order valence-electron chi connectivity index (χ1n) is 45.4. The lowest BCUT2D eigenvalue weighted by atomic mass is 9.94. The lowest BCUT2D eigenvalue weighted by molar-refractivity contribution is -0.133. The number of phenolic OH excluding ortho intramolecular Hbond substituents is 4. The summed E-state index contributed by atoms with van der Waals surface area (Å²) in [6.07, 6.45) is 22.9. The zero-order chi connectivity index (χ0) is 100. The van der Waals surface area contributed by atoms with E-state index >= 15 is 0 Å². The van der Waals surface area contributed by atoms with Crippen molar-refractivity contribution in [3.63, 3.8) is 0 Å². The van der Waals surface area contributed by atoms with Gasteiger partial charge in [-0.3, -0.25) is 38.4 Å². The molecule has 3 fully saturated rings. The summed E-state index contributed by atoms with van der Waals surface area (Å²) in [6, 6.07) is 65.1. The minimum atomic E-state index is -0.459. The topological polar surface area (TPSA) is 378 Å². The summed E-state index contributed by atoms with van der Waals surface area (Å²) in [6.45, 7) is 14.6. The van der Waals surface area contributed by atoms with Crippen LogP contribution >= 0.6 is 58.0 Å². The van der Waals surface area contributed by atoms with Crippen molar-refractivity contribution in [2.24, 2.45) is 20.4 Å². The van der Waals surface area contributed by atoms with E-state index in [0.717, 1.165) is 103 Å². The van der Waals surface area contributed by atoms with Crippen LogP contribution in [-0.2, 0) is 45.4 Å². The summed E-state index contributed by atoms with van der Waals surface area (Å²) in [5.41, 5.74) is 20.4. The molecular weight excluding hydrogens is 1910 g/mol. The summed E-state index contributed by atoms with van der Waals surface area (Å²) >= 11 is 29.4. The number of hydrogen-bond acceptors (Lipinski definition) is 19. The maximum absolute atomic E-state index is 13.1. The average molecular weight is 2010 g/mol. The van der Waals surface area contributed by atoms with Crippen LogP contribution < -0.4 is 31.5 Å². The van der Waals surface area contributed by atoms with E-state index in [0.29, 0.717) is 74.5 Å². The summed E-state index contributed by atoms with van der Waals surface area (Å²) < 4.78 is 7.65. The largest absolute Gasteiger partial charge is 0.506 e. The maximum Gasteiger partial charge on any atom is 0.271 e. The number of rotatable bonds is 27. The average Bonchev–Trinajstić information content (AvgIpc) is 1.63. The standard InChI is InChI=1S/C29H25ClN6O3.C28H25Cl2N5O3.C25H27ClN4O3.C24H23ClN4O3/c30-24-16-20(8-9-27(24)37)29(39)33-32-18-22-5-3-7-26-23(22)10-11-36(26)19-28(38)35-14-12-34(13-15-35)25-6-2-1-4-21(25)17-31;29-21-5-7-22(8-6-21)33-12-14-34(15-13-33)27(37)18-35-11-10-23-20(2-1-3-25(23)35)17-31-32-28(38)19-4-9-26(36)24(30)16-19;1-29(19-7-3-2-4-8-19)24(32)16-30-13-12-20-18(6-5-9-22(20)30)15-27-28-25(33)17-10-11-23(31)21(26)14-17;1-3-11-28(12-4-2)23(31)16-29-13-10-19-18(6-5-7-21(19)29)15-26-27-24(32)17-8-9-22(30)20(25)14-17/h1-11,16,18,37H,12-15,19H2,(H,33,39);1-11,16-17,36H,12-15,18H2,(H,32,38);5-6,9-15,19,31H,2-4,7-8,16H2,1H3,(H,28,33);3-10,13-15,30H,1-2,11-12,16H2,(H,27,32)/b32-18+;31-17+;27-15+;26-15+. The van der Waals surface area contributed by atoms with E-state index in [1.165, 1.54) is 98.3 Å². The van der Waals surface area contributed by atoms with Gasteiger partial charge < -0.3 is 68.1 Å². The van der Waals surface area contributed by atoms with E-state index in [9.17, 15) is 64.0 Å². The first-order chi connectivity index (χ1) is 68.7. The molecular formula is C106H100Cl5N19O12. The molecule has 0 unspecified atom stereocenters. The predicted molar refractivity (Wildman–Crippen MR) is 557 cm³/mol. The number of fused-ring (bicyclic) bond motifs is 4. The number of hydrogen-bond donors (Lipinski definition) is 8. The molecule has 1 saturated carbocycles. The quantitative estimate of drug-likeness (QED) is 0.0135. The van der Waals surface area contributed by atoms with Crippen LogP contribution in [0.15, 0.2) is 289 Å². The molecule has 4 aromatic heterocycles. The van der Waals surface area contributed by atoms with Gasteiger partial charge in [0.1, 0.15) is 55.2 Å². The molecule has 36 heteroatoms. The lowest BCUT2D eigenvalue weighted by Crippen LogP contribution is -2.49. The number of halogens is 5. The van der Waals surface area contributed by atoms with Gasteiger partial charge in [0.25, 0.3) is 23.6 Å². The van der Waals surface area contributed by atoms with Gasteiger partial charge in [0.15, 0.2) is 0 Å². The molecule has 8 amide bonds. The minimum absolute atomic E-state index is 0.0274. The van der Waals surface area contributed by atoms with E-state index in [1.54, 1.807) is 35.7 Å². The highest BCUT2D eigenvalue weighted by Crippen LogP contribution is 2.32. The molecule has 17 rings (SSSR count). The van der Waals surface area contributed by atoms with Crippen LogP contribution in [0, 0.1) is 11.3 Å². The first-order valence-corrected chi connectivity index (χ1v) is 47.2. The second kappa shape index (κ2) is 48.5. The molecule has 31 nitrogen and oxygen atoms in total. The Morgan fingerprint density at radius 3 is 1.07 bits per heavy atom. The molecule has 3 aliphatic rings. The maximum atomic E-state index is 13.1. The Morgan fingerprint density at radius 1 is 0.401 bits per heavy atom. The number of para-hydroxylation sites is 1. The van der Waals surface area contributed by atoms with Gasteiger partial charge in [0.05, 0.1) is 56.2 Å². The number of hydrazone groups is 4. The second-order valence-electron chi connectivity index (χ2n) is 33.4. The number of anilines is 2. The fraction of sp³-hybridized carbons (Fsp3) is 0.198. The predicted octanol–water partition coefficient (Wildman–Crippen LogP) is 17.3. The summed E-state index contributed by atoms with van der Waals surface area (Å²) in [4.78, 5) is 113. The van der Waals surface area contributed by atoms with E-state index in [1.807, 2.05) is 210 Å². The van der Waals surface area contributed by atoms with Crippen molar-refractivity contribution in [3.05, 3.63) is 344 Å². The van der Waals surface area contributed by atoms with Crippen molar-refractivity contribution in [2.75, 3.05) is 82.3 Å². The van der Waals surface area contributed by atoms with E-state index < -0.39 is 23.6 Å². The highest BCUT2D eigenvalue weighted by atomic mass is 35.5. The number of phenols is 4. The van der Waals surface area contributed by atoms with Gasteiger partial charge in [-0.1, -0.05) is 150 Å². The number of nitriles is 1. The van der Waals surface area contributed by atoms with Gasteiger partial charge in [0, 0.05) is 202 Å². The van der Waals surface area contributed by atoms with Crippen LogP contribution in [0.5, 0.6) is 23.0 Å². The van der Waals surface area contributed by atoms with Crippen molar-refractivity contribution in [2.45, 2.75) is 64.3 Å². The summed E-state index contributed by atoms with van der Waals surface area (Å²) in [5, 5.41) is 68.3. The Kier molecular flexibility index (Phi) is 34.8. The van der Waals surface area contributed by atoms with Gasteiger partial charge in [-0.25, -0.2) is 21.7 Å². The number of aromatic hydroxyl groups is 4. The van der Waals surface area contributed by atoms with Gasteiger partial charge in [-0.2, -0.15) is 25.7 Å². The zero-order valence-electron chi connectivity index (χ0n) is 77.1. The highest BCUT2D eigenvalue weighted by molar-refractivity contribution is 6.34. The molecule has 726 valence electrons. The Labute approximate surface area is 842 Å². The van der Waals surface area contributed by atoms with Crippen LogP contribution in [0.4, 0.5) is 11.4 Å². The fourth-order valence-electron chi connectivity index (χ4n) is 16.6. The Hall–Kier alpha value is -16.0. The third-order valence-electron chi connectivity index (χ3n) is 24.3. The molecule has 6 heterocycles. The number of carbonyl (C=O) groups is 8. The molecule has 2 aliphatic heterocycles. The van der Waals surface area contributed by atoms with Crippen molar-refractivity contribution in [3.8, 4) is 29.1 Å². The number of aromatic nitrogens is 4. The smallest absolute Gasteiger partial charge is 0.271 e. The Balaban J connectivity index is 0.000000151. The zero-order valence-corrected chi connectivity index (χ0v) is 80.9. The lowest BCUT2D eigenvalue weighted by Gasteiger charge is -2.36. The molecule has 0 atom stereocenters. The van der Waals surface area contributed by atoms with Crippen molar-refractivity contribution >= 4 is 185 Å². The Bertz CT molecular complexity index is 7190. The Morgan fingerprint density at radius 2 is 0.732 bits per heavy atom. The number of amides is 8. The van der Waals surface area contributed by atoms with Gasteiger partial charge in [0.2, 0.25) is 23.6 Å². The third-order valence-corrected chi connectivity index (χ3v) is 25.8. The molecule has 10 aromatic carbocycles. The van der Waals surface area contributed by atoms with Gasteiger partial charge >= 0.3 is 0 Å². The number of likely N-dealkylation sites (N-methyl/N-ethyl adjacent to an activating group) is 1. The number of nitrogens with zero attached hydrogens (tertiary/aromatic N) is 15. The van der Waals surface area contributed by atoms with Gasteiger partial charge in [-0.15, -0.1) is 13.2 Å². The third kappa shape index (κ3) is 25.9. The van der Waals surface area contributed by atoms with Crippen LogP contribution in [0.25, 0.3) is 43.6 Å². The van der Waals surface area contributed by atoms with Crippen molar-refractivity contribution in [1.82, 2.24) is 59.6 Å². The number of carbonyl (C=O) groups excluding carboxylic acids is 8. The normalized spacial score (nSPS) is 13.3. The summed E-state index contributed by atoms with van der Waals surface area (Å²) in [5.74, 6) is -2.02. The summed E-state index contributed by atoms with van der Waals surface area (Å²) in [7, 11) is 1.91.